The summed E-state index contributed by atoms with van der Waals surface area (Å²) in [5, 5.41) is 9.97. The lowest BCUT2D eigenvalue weighted by Crippen LogP contribution is -2.25. The number of benzene rings is 2. The average molecular weight is 511 g/mol. The van der Waals surface area contributed by atoms with Gasteiger partial charge in [-0.2, -0.15) is 0 Å². The Balaban J connectivity index is 1.88. The van der Waals surface area contributed by atoms with Crippen LogP contribution >= 0.6 is 0 Å². The SMILES string of the molecule is C=C(C)C(=O)OCC(C)COc1ccc(C(C)(C)c2ccc(OCC(O)COC(=O)C(=C)C)cc2)cc1. The molecule has 0 saturated carbocycles. The van der Waals surface area contributed by atoms with Gasteiger partial charge in [0.15, 0.2) is 0 Å². The Hall–Kier alpha value is -3.58. The molecule has 0 aromatic heterocycles. The van der Waals surface area contributed by atoms with Gasteiger partial charge in [-0.1, -0.05) is 58.2 Å². The number of esters is 2. The van der Waals surface area contributed by atoms with Gasteiger partial charge in [-0.15, -0.1) is 0 Å². The molecule has 0 amide bonds. The van der Waals surface area contributed by atoms with Crippen LogP contribution in [-0.2, 0) is 24.5 Å². The molecule has 0 aliphatic carbocycles. The number of rotatable bonds is 14. The van der Waals surface area contributed by atoms with Crippen molar-refractivity contribution in [3.63, 3.8) is 0 Å². The van der Waals surface area contributed by atoms with Gasteiger partial charge in [0.2, 0.25) is 0 Å². The summed E-state index contributed by atoms with van der Waals surface area (Å²) < 4.78 is 21.6. The predicted molar refractivity (Wildman–Crippen MR) is 143 cm³/mol. The third-order valence-corrected chi connectivity index (χ3v) is 5.73. The van der Waals surface area contributed by atoms with Crippen LogP contribution in [0.5, 0.6) is 11.5 Å². The van der Waals surface area contributed by atoms with Crippen LogP contribution in [0.2, 0.25) is 0 Å². The zero-order valence-corrected chi connectivity index (χ0v) is 22.4. The first-order valence-corrected chi connectivity index (χ1v) is 12.2. The highest BCUT2D eigenvalue weighted by atomic mass is 16.6. The minimum absolute atomic E-state index is 0.00260. The van der Waals surface area contributed by atoms with E-state index in [4.69, 9.17) is 18.9 Å². The lowest BCUT2D eigenvalue weighted by molar-refractivity contribution is -0.142. The summed E-state index contributed by atoms with van der Waals surface area (Å²) in [6.07, 6.45) is -0.936. The number of hydrogen-bond donors (Lipinski definition) is 1. The number of carbonyl (C=O) groups excluding carboxylic acids is 2. The van der Waals surface area contributed by atoms with Crippen LogP contribution in [0.3, 0.4) is 0 Å². The molecule has 2 atom stereocenters. The second kappa shape index (κ2) is 13.7. The Kier molecular flexibility index (Phi) is 10.9. The minimum atomic E-state index is -0.936. The van der Waals surface area contributed by atoms with Gasteiger partial charge < -0.3 is 24.1 Å². The van der Waals surface area contributed by atoms with E-state index in [1.165, 1.54) is 0 Å². The highest BCUT2D eigenvalue weighted by molar-refractivity contribution is 5.87. The van der Waals surface area contributed by atoms with Crippen molar-refractivity contribution in [3.05, 3.63) is 84.0 Å². The molecule has 0 spiro atoms. The highest BCUT2D eigenvalue weighted by Crippen LogP contribution is 2.33. The predicted octanol–water partition coefficient (Wildman–Crippen LogP) is 5.01. The molecule has 200 valence electrons. The molecule has 0 bridgehead atoms. The summed E-state index contributed by atoms with van der Waals surface area (Å²) in [7, 11) is 0. The topological polar surface area (TPSA) is 91.3 Å². The van der Waals surface area contributed by atoms with E-state index in [9.17, 15) is 14.7 Å². The van der Waals surface area contributed by atoms with Crippen molar-refractivity contribution >= 4 is 11.9 Å². The molecule has 0 aliphatic rings. The molecule has 2 unspecified atom stereocenters. The van der Waals surface area contributed by atoms with Crippen LogP contribution in [0, 0.1) is 5.92 Å². The Morgan fingerprint density at radius 1 is 0.757 bits per heavy atom. The van der Waals surface area contributed by atoms with Crippen molar-refractivity contribution in [3.8, 4) is 11.5 Å². The molecular weight excluding hydrogens is 472 g/mol. The van der Waals surface area contributed by atoms with E-state index in [1.54, 1.807) is 13.8 Å². The Morgan fingerprint density at radius 2 is 1.16 bits per heavy atom. The average Bonchev–Trinajstić information content (AvgIpc) is 2.88. The first kappa shape index (κ1) is 29.6. The van der Waals surface area contributed by atoms with Gasteiger partial charge in [-0.3, -0.25) is 0 Å². The monoisotopic (exact) mass is 510 g/mol. The summed E-state index contributed by atoms with van der Waals surface area (Å²) in [6.45, 7) is 17.0. The quantitative estimate of drug-likeness (QED) is 0.282. The highest BCUT2D eigenvalue weighted by Gasteiger charge is 2.23. The molecule has 0 radical (unpaired) electrons. The molecule has 2 aromatic carbocycles. The smallest absolute Gasteiger partial charge is 0.333 e. The first-order chi connectivity index (χ1) is 17.4. The van der Waals surface area contributed by atoms with Crippen molar-refractivity contribution in [2.24, 2.45) is 5.92 Å². The van der Waals surface area contributed by atoms with E-state index in [0.29, 0.717) is 17.9 Å². The zero-order chi connectivity index (χ0) is 27.6. The van der Waals surface area contributed by atoms with E-state index in [2.05, 4.69) is 27.0 Å². The Bertz CT molecular complexity index is 983. The first-order valence-electron chi connectivity index (χ1n) is 12.2. The number of hydrogen-bond acceptors (Lipinski definition) is 7. The van der Waals surface area contributed by atoms with E-state index < -0.39 is 18.0 Å². The van der Waals surface area contributed by atoms with E-state index >= 15 is 0 Å². The maximum Gasteiger partial charge on any atom is 0.333 e. The normalized spacial score (nSPS) is 12.7. The Labute approximate surface area is 219 Å². The maximum atomic E-state index is 11.5. The van der Waals surface area contributed by atoms with Gasteiger partial charge in [0.05, 0.1) is 13.2 Å². The van der Waals surface area contributed by atoms with Crippen molar-refractivity contribution in [1.29, 1.82) is 0 Å². The molecule has 2 aromatic rings. The molecule has 0 saturated heterocycles. The molecule has 37 heavy (non-hydrogen) atoms. The van der Waals surface area contributed by atoms with Crippen molar-refractivity contribution in [2.75, 3.05) is 26.4 Å². The lowest BCUT2D eigenvalue weighted by Gasteiger charge is -2.26. The van der Waals surface area contributed by atoms with Crippen LogP contribution in [0.1, 0.15) is 45.7 Å². The molecule has 1 N–H and O–H groups in total. The second-order valence-electron chi connectivity index (χ2n) is 9.81. The molecule has 0 aliphatic heterocycles. The summed E-state index contributed by atoms with van der Waals surface area (Å²) in [6, 6.07) is 15.6. The molecule has 0 heterocycles. The summed E-state index contributed by atoms with van der Waals surface area (Å²) in [5.41, 5.74) is 2.61. The number of carbonyl (C=O) groups is 2. The maximum absolute atomic E-state index is 11.5. The lowest BCUT2D eigenvalue weighted by atomic mass is 9.78. The summed E-state index contributed by atoms with van der Waals surface area (Å²) in [4.78, 5) is 22.9. The van der Waals surface area contributed by atoms with Gasteiger partial charge >= 0.3 is 11.9 Å². The van der Waals surface area contributed by atoms with Gasteiger partial charge in [0, 0.05) is 22.5 Å². The third kappa shape index (κ3) is 9.42. The van der Waals surface area contributed by atoms with Crippen LogP contribution in [0.4, 0.5) is 0 Å². The van der Waals surface area contributed by atoms with Gasteiger partial charge in [0.25, 0.3) is 0 Å². The van der Waals surface area contributed by atoms with Gasteiger partial charge in [0.1, 0.15) is 30.8 Å². The van der Waals surface area contributed by atoms with Crippen molar-refractivity contribution < 1.29 is 33.6 Å². The molecule has 2 rings (SSSR count). The molecule has 7 nitrogen and oxygen atoms in total. The van der Waals surface area contributed by atoms with Crippen molar-refractivity contribution in [1.82, 2.24) is 0 Å². The Morgan fingerprint density at radius 3 is 1.59 bits per heavy atom. The second-order valence-corrected chi connectivity index (χ2v) is 9.81. The fraction of sp³-hybridized carbons (Fsp3) is 0.400. The minimum Gasteiger partial charge on any atom is -0.493 e. The fourth-order valence-electron chi connectivity index (χ4n) is 3.27. The van der Waals surface area contributed by atoms with Gasteiger partial charge in [-0.25, -0.2) is 9.59 Å². The standard InChI is InChI=1S/C30H38O7/c1-20(2)28(32)36-17-22(5)16-34-26-12-8-23(9-13-26)30(6,7)24-10-14-27(15-11-24)35-18-25(31)19-37-29(33)21(3)4/h8-15,22,25,31H,1,3,16-19H2,2,4-7H3. The third-order valence-electron chi connectivity index (χ3n) is 5.73. The van der Waals surface area contributed by atoms with Crippen LogP contribution in [0.25, 0.3) is 0 Å². The zero-order valence-electron chi connectivity index (χ0n) is 22.4. The van der Waals surface area contributed by atoms with Crippen LogP contribution in [-0.4, -0.2) is 49.6 Å². The van der Waals surface area contributed by atoms with Gasteiger partial charge in [-0.05, 0) is 49.2 Å². The van der Waals surface area contributed by atoms with Crippen molar-refractivity contribution in [2.45, 2.75) is 46.1 Å². The van der Waals surface area contributed by atoms with Crippen LogP contribution < -0.4 is 9.47 Å². The van der Waals surface area contributed by atoms with E-state index in [0.717, 1.165) is 16.9 Å². The molecule has 0 fully saturated rings. The van der Waals surface area contributed by atoms with E-state index in [-0.39, 0.29) is 36.7 Å². The van der Waals surface area contributed by atoms with E-state index in [1.807, 2.05) is 55.5 Å². The number of ether oxygens (including phenoxy) is 4. The molecule has 7 heteroatoms. The van der Waals surface area contributed by atoms with Crippen LogP contribution in [0.15, 0.2) is 72.8 Å². The summed E-state index contributed by atoms with van der Waals surface area (Å²) in [5.74, 6) is 0.469. The molecular formula is C30H38O7. The number of aliphatic hydroxyl groups is 1. The number of aliphatic hydroxyl groups excluding tert-OH is 1. The fourth-order valence-corrected chi connectivity index (χ4v) is 3.27. The largest absolute Gasteiger partial charge is 0.493 e. The summed E-state index contributed by atoms with van der Waals surface area (Å²) >= 11 is 0.